The largest absolute Gasteiger partial charge is 0.480 e. The molecule has 20 heavy (non-hydrogen) atoms. The van der Waals surface area contributed by atoms with Gasteiger partial charge in [0.15, 0.2) is 0 Å². The van der Waals surface area contributed by atoms with E-state index in [0.717, 1.165) is 38.2 Å². The Hall–Kier alpha value is -0.950. The number of carbonyl (C=O) groups excluding carboxylic acids is 1. The van der Waals surface area contributed by atoms with Crippen LogP contribution in [0.25, 0.3) is 0 Å². The maximum Gasteiger partial charge on any atom is 0.327 e. The van der Waals surface area contributed by atoms with Crippen LogP contribution >= 0.6 is 11.8 Å². The lowest BCUT2D eigenvalue weighted by molar-refractivity contribution is -0.141. The minimum atomic E-state index is -0.902. The second-order valence-electron chi connectivity index (χ2n) is 5.82. The molecule has 0 aliphatic carbocycles. The molecule has 2 atom stereocenters. The van der Waals surface area contributed by atoms with Crippen molar-refractivity contribution in [3.05, 3.63) is 0 Å². The molecule has 0 aromatic rings. The van der Waals surface area contributed by atoms with E-state index in [1.165, 1.54) is 4.90 Å². The zero-order valence-electron chi connectivity index (χ0n) is 11.5. The maximum absolute atomic E-state index is 12.4. The number of carboxylic acid groups (broad SMARTS) is 1. The Morgan fingerprint density at radius 1 is 1.20 bits per heavy atom. The van der Waals surface area contributed by atoms with Gasteiger partial charge in [-0.15, -0.1) is 0 Å². The summed E-state index contributed by atoms with van der Waals surface area (Å²) in [5.41, 5.74) is 0. The standard InChI is InChI=1S/C13H21N3O3S/c17-12(18)11-8-20-6-5-16(11)13(19)14-10-7-15-3-1-9(10)2-4-15/h9-11H,1-8H2,(H,14,19)(H,17,18). The number of thioether (sulfide) groups is 1. The highest BCUT2D eigenvalue weighted by molar-refractivity contribution is 7.99. The number of hydrogen-bond donors (Lipinski definition) is 2. The first-order valence-corrected chi connectivity index (χ1v) is 8.40. The van der Waals surface area contributed by atoms with Gasteiger partial charge in [0.05, 0.1) is 0 Å². The van der Waals surface area contributed by atoms with E-state index < -0.39 is 12.0 Å². The van der Waals surface area contributed by atoms with Crippen LogP contribution in [0.1, 0.15) is 12.8 Å². The molecular weight excluding hydrogens is 278 g/mol. The minimum absolute atomic E-state index is 0.189. The molecule has 0 spiro atoms. The lowest BCUT2D eigenvalue weighted by atomic mass is 9.84. The zero-order chi connectivity index (χ0) is 14.1. The van der Waals surface area contributed by atoms with Crippen molar-refractivity contribution in [2.75, 3.05) is 37.7 Å². The molecule has 7 heteroatoms. The topological polar surface area (TPSA) is 72.9 Å². The molecule has 0 saturated carbocycles. The summed E-state index contributed by atoms with van der Waals surface area (Å²) in [5, 5.41) is 12.3. The molecule has 4 aliphatic heterocycles. The van der Waals surface area contributed by atoms with Crippen molar-refractivity contribution < 1.29 is 14.7 Å². The summed E-state index contributed by atoms with van der Waals surface area (Å²) in [4.78, 5) is 27.5. The predicted octanol–water partition coefficient (Wildman–Crippen LogP) is 0.292. The molecule has 4 rings (SSSR count). The first-order chi connectivity index (χ1) is 9.65. The first kappa shape index (κ1) is 14.0. The molecule has 112 valence electrons. The van der Waals surface area contributed by atoms with E-state index in [2.05, 4.69) is 10.2 Å². The second-order valence-corrected chi connectivity index (χ2v) is 6.97. The highest BCUT2D eigenvalue weighted by Crippen LogP contribution is 2.28. The van der Waals surface area contributed by atoms with Crippen LogP contribution in [0, 0.1) is 5.92 Å². The lowest BCUT2D eigenvalue weighted by Gasteiger charge is -2.45. The van der Waals surface area contributed by atoms with E-state index in [-0.39, 0.29) is 12.1 Å². The summed E-state index contributed by atoms with van der Waals surface area (Å²) in [7, 11) is 0. The highest BCUT2D eigenvalue weighted by atomic mass is 32.2. The zero-order valence-corrected chi connectivity index (χ0v) is 12.3. The Morgan fingerprint density at radius 3 is 2.55 bits per heavy atom. The third kappa shape index (κ3) is 2.74. The molecule has 0 aromatic carbocycles. The van der Waals surface area contributed by atoms with Gasteiger partial charge in [0, 0.05) is 30.6 Å². The van der Waals surface area contributed by atoms with E-state index in [1.807, 2.05) is 0 Å². The van der Waals surface area contributed by atoms with Gasteiger partial charge in [-0.25, -0.2) is 9.59 Å². The van der Waals surface area contributed by atoms with Crippen molar-refractivity contribution in [1.29, 1.82) is 0 Å². The van der Waals surface area contributed by atoms with E-state index >= 15 is 0 Å². The molecule has 4 saturated heterocycles. The number of carbonyl (C=O) groups is 2. The summed E-state index contributed by atoms with van der Waals surface area (Å²) >= 11 is 1.60. The van der Waals surface area contributed by atoms with Gasteiger partial charge in [0.25, 0.3) is 0 Å². The van der Waals surface area contributed by atoms with E-state index in [9.17, 15) is 14.7 Å². The molecule has 6 nitrogen and oxygen atoms in total. The molecule has 4 heterocycles. The van der Waals surface area contributed by atoms with E-state index in [0.29, 0.717) is 18.2 Å². The number of aliphatic carboxylic acids is 1. The summed E-state index contributed by atoms with van der Waals surface area (Å²) in [6.07, 6.45) is 2.28. The summed E-state index contributed by atoms with van der Waals surface area (Å²) in [6, 6.07) is -0.694. The first-order valence-electron chi connectivity index (χ1n) is 7.25. The van der Waals surface area contributed by atoms with Crippen molar-refractivity contribution in [2.24, 2.45) is 5.92 Å². The van der Waals surface area contributed by atoms with Gasteiger partial charge in [-0.2, -0.15) is 11.8 Å². The molecule has 0 aromatic heterocycles. The number of rotatable bonds is 2. The predicted molar refractivity (Wildman–Crippen MR) is 76.9 cm³/mol. The van der Waals surface area contributed by atoms with Crippen LogP contribution in [0.15, 0.2) is 0 Å². The van der Waals surface area contributed by atoms with Gasteiger partial charge < -0.3 is 20.2 Å². The molecule has 4 fully saturated rings. The van der Waals surface area contributed by atoms with Crippen LogP contribution in [-0.2, 0) is 4.79 Å². The molecule has 0 radical (unpaired) electrons. The van der Waals surface area contributed by atoms with Gasteiger partial charge in [-0.1, -0.05) is 0 Å². The van der Waals surface area contributed by atoms with Crippen LogP contribution in [0.2, 0.25) is 0 Å². The fraction of sp³-hybridized carbons (Fsp3) is 0.846. The number of urea groups is 1. The number of nitrogens with one attached hydrogen (secondary N) is 1. The SMILES string of the molecule is O=C(O)C1CSCCN1C(=O)NC1CN2CCC1CC2. The van der Waals surface area contributed by atoms with Crippen LogP contribution in [0.4, 0.5) is 4.79 Å². The van der Waals surface area contributed by atoms with Crippen molar-refractivity contribution in [1.82, 2.24) is 15.1 Å². The van der Waals surface area contributed by atoms with Crippen LogP contribution < -0.4 is 5.32 Å². The lowest BCUT2D eigenvalue weighted by Crippen LogP contribution is -2.61. The molecule has 4 aliphatic rings. The number of carboxylic acids is 1. The van der Waals surface area contributed by atoms with E-state index in [1.54, 1.807) is 11.8 Å². The summed E-state index contributed by atoms with van der Waals surface area (Å²) < 4.78 is 0. The van der Waals surface area contributed by atoms with Crippen LogP contribution in [-0.4, -0.2) is 76.7 Å². The van der Waals surface area contributed by atoms with Crippen molar-refractivity contribution in [3.8, 4) is 0 Å². The number of piperidine rings is 3. The Kier molecular flexibility index (Phi) is 4.07. The average Bonchev–Trinajstić information content (AvgIpc) is 2.48. The summed E-state index contributed by atoms with van der Waals surface area (Å²) in [5.74, 6) is 0.966. The number of hydrogen-bond acceptors (Lipinski definition) is 4. The monoisotopic (exact) mass is 299 g/mol. The molecule has 2 unspecified atom stereocenters. The molecule has 2 N–H and O–H groups in total. The number of amides is 2. The van der Waals surface area contributed by atoms with Crippen molar-refractivity contribution in [3.63, 3.8) is 0 Å². The third-order valence-corrected chi connectivity index (χ3v) is 5.66. The quantitative estimate of drug-likeness (QED) is 0.767. The van der Waals surface area contributed by atoms with Crippen molar-refractivity contribution in [2.45, 2.75) is 24.9 Å². The molecule has 2 amide bonds. The molecule has 2 bridgehead atoms. The fourth-order valence-corrected chi connectivity index (χ4v) is 4.46. The van der Waals surface area contributed by atoms with Crippen molar-refractivity contribution >= 4 is 23.8 Å². The Balaban J connectivity index is 1.61. The van der Waals surface area contributed by atoms with Gasteiger partial charge in [0.2, 0.25) is 0 Å². The van der Waals surface area contributed by atoms with Gasteiger partial charge in [0.1, 0.15) is 6.04 Å². The Labute approximate surface area is 122 Å². The van der Waals surface area contributed by atoms with Gasteiger partial charge >= 0.3 is 12.0 Å². The molecular formula is C13H21N3O3S. The smallest absolute Gasteiger partial charge is 0.327 e. The average molecular weight is 299 g/mol. The normalized spacial score (nSPS) is 36.7. The number of fused-ring (bicyclic) bond motifs is 3. The number of nitrogens with zero attached hydrogens (tertiary/aromatic N) is 2. The second kappa shape index (κ2) is 5.81. The van der Waals surface area contributed by atoms with Crippen LogP contribution in [0.5, 0.6) is 0 Å². The summed E-state index contributed by atoms with van der Waals surface area (Å²) in [6.45, 7) is 3.70. The van der Waals surface area contributed by atoms with Gasteiger partial charge in [-0.05, 0) is 31.8 Å². The fourth-order valence-electron chi connectivity index (χ4n) is 3.42. The van der Waals surface area contributed by atoms with Gasteiger partial charge in [-0.3, -0.25) is 0 Å². The highest BCUT2D eigenvalue weighted by Gasteiger charge is 2.38. The maximum atomic E-state index is 12.4. The minimum Gasteiger partial charge on any atom is -0.480 e. The van der Waals surface area contributed by atoms with Crippen LogP contribution in [0.3, 0.4) is 0 Å². The third-order valence-electron chi connectivity index (χ3n) is 4.64. The Bertz CT molecular complexity index is 398. The Morgan fingerprint density at radius 2 is 1.95 bits per heavy atom. The van der Waals surface area contributed by atoms with E-state index in [4.69, 9.17) is 0 Å².